The van der Waals surface area contributed by atoms with Crippen molar-refractivity contribution in [1.82, 2.24) is 14.3 Å². The molecule has 0 atom stereocenters. The highest BCUT2D eigenvalue weighted by atomic mass is 35.5. The second-order valence-corrected chi connectivity index (χ2v) is 8.88. The van der Waals surface area contributed by atoms with E-state index in [2.05, 4.69) is 15.3 Å². The standard InChI is InChI=1S/C15H17ClN4O3S2/c1-10-9-24-15(18-10)19-14(21)11-4-7-20(8-5-11)25(22,23)12-3-2-6-17-13(12)16/h2-3,6,9,11H,4-5,7-8H2,1H3,(H,18,19,21). The first-order chi connectivity index (χ1) is 11.9. The average molecular weight is 401 g/mol. The third kappa shape index (κ3) is 4.00. The van der Waals surface area contributed by atoms with Gasteiger partial charge in [0.2, 0.25) is 15.9 Å². The van der Waals surface area contributed by atoms with Gasteiger partial charge in [-0.25, -0.2) is 18.4 Å². The molecule has 7 nitrogen and oxygen atoms in total. The SMILES string of the molecule is Cc1csc(NC(=O)C2CCN(S(=O)(=O)c3cccnc3Cl)CC2)n1. The molecule has 1 aliphatic heterocycles. The number of hydrogen-bond donors (Lipinski definition) is 1. The van der Waals surface area contributed by atoms with E-state index in [1.807, 2.05) is 12.3 Å². The predicted molar refractivity (Wildman–Crippen MR) is 96.2 cm³/mol. The molecule has 0 aliphatic carbocycles. The predicted octanol–water partition coefficient (Wildman–Crippen LogP) is 2.54. The molecular weight excluding hydrogens is 384 g/mol. The Morgan fingerprint density at radius 3 is 2.72 bits per heavy atom. The zero-order valence-electron chi connectivity index (χ0n) is 13.5. The lowest BCUT2D eigenvalue weighted by Gasteiger charge is -2.30. The Bertz CT molecular complexity index is 876. The van der Waals surface area contributed by atoms with Crippen LogP contribution < -0.4 is 5.32 Å². The molecule has 0 saturated carbocycles. The molecule has 0 aromatic carbocycles. The first-order valence-corrected chi connectivity index (χ1v) is 10.4. The van der Waals surface area contributed by atoms with Gasteiger partial charge < -0.3 is 5.32 Å². The van der Waals surface area contributed by atoms with Gasteiger partial charge in [-0.1, -0.05) is 11.6 Å². The number of piperidine rings is 1. The first kappa shape index (κ1) is 18.2. The number of pyridine rings is 1. The largest absolute Gasteiger partial charge is 0.302 e. The number of aryl methyl sites for hydroxylation is 1. The van der Waals surface area contributed by atoms with E-state index in [0.717, 1.165) is 5.69 Å². The van der Waals surface area contributed by atoms with Crippen molar-refractivity contribution in [3.05, 3.63) is 34.6 Å². The van der Waals surface area contributed by atoms with Crippen LogP contribution in [-0.4, -0.2) is 41.7 Å². The highest BCUT2D eigenvalue weighted by Crippen LogP contribution is 2.27. The van der Waals surface area contributed by atoms with Crippen molar-refractivity contribution >= 4 is 44.0 Å². The number of sulfonamides is 1. The van der Waals surface area contributed by atoms with Crippen LogP contribution in [0.4, 0.5) is 5.13 Å². The normalized spacial score (nSPS) is 16.7. The van der Waals surface area contributed by atoms with Crippen LogP contribution in [-0.2, 0) is 14.8 Å². The summed E-state index contributed by atoms with van der Waals surface area (Å²) in [5.74, 6) is -0.356. The van der Waals surface area contributed by atoms with Gasteiger partial charge in [0, 0.05) is 30.6 Å². The zero-order chi connectivity index (χ0) is 18.0. The number of aromatic nitrogens is 2. The maximum Gasteiger partial charge on any atom is 0.246 e. The number of thiazole rings is 1. The average Bonchev–Trinajstić information content (AvgIpc) is 3.00. The Balaban J connectivity index is 1.63. The van der Waals surface area contributed by atoms with E-state index in [9.17, 15) is 13.2 Å². The minimum Gasteiger partial charge on any atom is -0.302 e. The van der Waals surface area contributed by atoms with Crippen LogP contribution in [0.1, 0.15) is 18.5 Å². The summed E-state index contributed by atoms with van der Waals surface area (Å²) in [5.41, 5.74) is 0.856. The summed E-state index contributed by atoms with van der Waals surface area (Å²) in [6.07, 6.45) is 2.35. The molecule has 1 aliphatic rings. The molecule has 3 rings (SSSR count). The van der Waals surface area contributed by atoms with E-state index in [4.69, 9.17) is 11.6 Å². The molecule has 25 heavy (non-hydrogen) atoms. The van der Waals surface area contributed by atoms with Gasteiger partial charge in [-0.05, 0) is 31.9 Å². The van der Waals surface area contributed by atoms with Gasteiger partial charge in [-0.2, -0.15) is 4.31 Å². The number of carbonyl (C=O) groups is 1. The van der Waals surface area contributed by atoms with Crippen LogP contribution in [0, 0.1) is 12.8 Å². The van der Waals surface area contributed by atoms with Crippen LogP contribution in [0.3, 0.4) is 0 Å². The number of carbonyl (C=O) groups excluding carboxylic acids is 1. The van der Waals surface area contributed by atoms with E-state index in [1.165, 1.54) is 34.0 Å². The number of nitrogens with one attached hydrogen (secondary N) is 1. The molecule has 0 unspecified atom stereocenters. The molecule has 0 radical (unpaired) electrons. The van der Waals surface area contributed by atoms with Gasteiger partial charge in [-0.15, -0.1) is 11.3 Å². The summed E-state index contributed by atoms with van der Waals surface area (Å²) in [6, 6.07) is 2.98. The number of rotatable bonds is 4. The monoisotopic (exact) mass is 400 g/mol. The van der Waals surface area contributed by atoms with Crippen molar-refractivity contribution < 1.29 is 13.2 Å². The lowest BCUT2D eigenvalue weighted by Crippen LogP contribution is -2.41. The number of anilines is 1. The quantitative estimate of drug-likeness (QED) is 0.796. The lowest BCUT2D eigenvalue weighted by molar-refractivity contribution is -0.120. The van der Waals surface area contributed by atoms with Crippen molar-refractivity contribution in [2.75, 3.05) is 18.4 Å². The van der Waals surface area contributed by atoms with Crippen molar-refractivity contribution in [1.29, 1.82) is 0 Å². The second-order valence-electron chi connectivity index (χ2n) is 5.75. The van der Waals surface area contributed by atoms with E-state index in [1.54, 1.807) is 0 Å². The fourth-order valence-electron chi connectivity index (χ4n) is 2.68. The van der Waals surface area contributed by atoms with Gasteiger partial charge in [-0.3, -0.25) is 4.79 Å². The highest BCUT2D eigenvalue weighted by Gasteiger charge is 2.33. The number of amides is 1. The van der Waals surface area contributed by atoms with Crippen molar-refractivity contribution in [2.24, 2.45) is 5.92 Å². The Hall–Kier alpha value is -1.55. The molecule has 2 aromatic heterocycles. The summed E-state index contributed by atoms with van der Waals surface area (Å²) in [4.78, 5) is 20.3. The number of nitrogens with zero attached hydrogens (tertiary/aromatic N) is 3. The fraction of sp³-hybridized carbons (Fsp3) is 0.400. The maximum atomic E-state index is 12.7. The smallest absolute Gasteiger partial charge is 0.246 e. The highest BCUT2D eigenvalue weighted by molar-refractivity contribution is 7.89. The Labute approximate surface area is 155 Å². The minimum atomic E-state index is -3.70. The van der Waals surface area contributed by atoms with Crippen LogP contribution in [0.2, 0.25) is 5.15 Å². The molecule has 0 spiro atoms. The molecule has 1 amide bonds. The van der Waals surface area contributed by atoms with Crippen molar-refractivity contribution in [3.63, 3.8) is 0 Å². The van der Waals surface area contributed by atoms with Gasteiger partial charge >= 0.3 is 0 Å². The number of hydrogen-bond acceptors (Lipinski definition) is 6. The van der Waals surface area contributed by atoms with E-state index in [-0.39, 0.29) is 35.0 Å². The van der Waals surface area contributed by atoms with Crippen LogP contribution in [0.5, 0.6) is 0 Å². The summed E-state index contributed by atoms with van der Waals surface area (Å²) < 4.78 is 26.7. The second kappa shape index (κ2) is 7.36. The topological polar surface area (TPSA) is 92.3 Å². The Morgan fingerprint density at radius 2 is 2.12 bits per heavy atom. The molecule has 134 valence electrons. The molecular formula is C15H17ClN4O3S2. The van der Waals surface area contributed by atoms with E-state index < -0.39 is 10.0 Å². The van der Waals surface area contributed by atoms with E-state index >= 15 is 0 Å². The molecule has 1 fully saturated rings. The molecule has 1 N–H and O–H groups in total. The summed E-state index contributed by atoms with van der Waals surface area (Å²) in [6.45, 7) is 2.39. The Kier molecular flexibility index (Phi) is 5.38. The van der Waals surface area contributed by atoms with Crippen LogP contribution >= 0.6 is 22.9 Å². The van der Waals surface area contributed by atoms with Crippen molar-refractivity contribution in [2.45, 2.75) is 24.7 Å². The van der Waals surface area contributed by atoms with Crippen LogP contribution in [0.25, 0.3) is 0 Å². The third-order valence-electron chi connectivity index (χ3n) is 4.02. The summed E-state index contributed by atoms with van der Waals surface area (Å²) in [5, 5.41) is 5.19. The third-order valence-corrected chi connectivity index (χ3v) is 7.24. The summed E-state index contributed by atoms with van der Waals surface area (Å²) >= 11 is 7.29. The minimum absolute atomic E-state index is 0.00201. The summed E-state index contributed by atoms with van der Waals surface area (Å²) in [7, 11) is -3.70. The zero-order valence-corrected chi connectivity index (χ0v) is 15.9. The molecule has 3 heterocycles. The first-order valence-electron chi connectivity index (χ1n) is 7.71. The van der Waals surface area contributed by atoms with Crippen molar-refractivity contribution in [3.8, 4) is 0 Å². The van der Waals surface area contributed by atoms with Gasteiger partial charge in [0.25, 0.3) is 0 Å². The number of halogens is 1. The molecule has 0 bridgehead atoms. The van der Waals surface area contributed by atoms with Gasteiger partial charge in [0.05, 0.1) is 5.69 Å². The molecule has 2 aromatic rings. The fourth-order valence-corrected chi connectivity index (χ4v) is 5.27. The van der Waals surface area contributed by atoms with E-state index in [0.29, 0.717) is 18.0 Å². The Morgan fingerprint density at radius 1 is 1.40 bits per heavy atom. The van der Waals surface area contributed by atoms with Gasteiger partial charge in [0.1, 0.15) is 10.0 Å². The maximum absolute atomic E-state index is 12.7. The lowest BCUT2D eigenvalue weighted by atomic mass is 9.97. The molecule has 10 heteroatoms. The van der Waals surface area contributed by atoms with Gasteiger partial charge in [0.15, 0.2) is 5.13 Å². The molecule has 1 saturated heterocycles. The van der Waals surface area contributed by atoms with Crippen LogP contribution in [0.15, 0.2) is 28.6 Å².